The molecule has 4 nitrogen and oxygen atoms in total. The van der Waals surface area contributed by atoms with Crippen LogP contribution in [0.15, 0.2) is 18.2 Å². The average molecular weight is 431 g/mol. The fourth-order valence-corrected chi connectivity index (χ4v) is 6.56. The number of aryl methyl sites for hydroxylation is 1. The summed E-state index contributed by atoms with van der Waals surface area (Å²) >= 11 is 0. The third-order valence-electron chi connectivity index (χ3n) is 7.81. The maximum atomic E-state index is 12.9. The molecule has 3 aliphatic rings. The Kier molecular flexibility index (Phi) is 10.0. The lowest BCUT2D eigenvalue weighted by molar-refractivity contribution is -0.129. The molecule has 31 heavy (non-hydrogen) atoms. The summed E-state index contributed by atoms with van der Waals surface area (Å²) in [5.41, 5.74) is 13.1. The zero-order valence-electron chi connectivity index (χ0n) is 20.6. The zero-order valence-corrected chi connectivity index (χ0v) is 20.6. The van der Waals surface area contributed by atoms with Crippen LogP contribution < -0.4 is 16.2 Å². The van der Waals surface area contributed by atoms with Crippen LogP contribution >= 0.6 is 0 Å². The van der Waals surface area contributed by atoms with Gasteiger partial charge in [0, 0.05) is 11.8 Å². The van der Waals surface area contributed by atoms with Gasteiger partial charge in [-0.25, -0.2) is 0 Å². The van der Waals surface area contributed by atoms with Gasteiger partial charge in [0.15, 0.2) is 0 Å². The van der Waals surface area contributed by atoms with E-state index in [2.05, 4.69) is 44.7 Å². The lowest BCUT2D eigenvalue weighted by Crippen LogP contribution is -2.44. The second-order valence-electron chi connectivity index (χ2n) is 9.73. The Hall–Kier alpha value is -1.39. The summed E-state index contributed by atoms with van der Waals surface area (Å²) in [5, 5.41) is 0. The van der Waals surface area contributed by atoms with E-state index >= 15 is 0 Å². The van der Waals surface area contributed by atoms with Crippen LogP contribution in [-0.4, -0.2) is 26.5 Å². The van der Waals surface area contributed by atoms with E-state index in [0.29, 0.717) is 29.5 Å². The van der Waals surface area contributed by atoms with E-state index in [0.717, 1.165) is 44.4 Å². The van der Waals surface area contributed by atoms with Gasteiger partial charge in [0.2, 0.25) is 0 Å². The summed E-state index contributed by atoms with van der Waals surface area (Å²) in [4.78, 5) is 12.9. The fourth-order valence-electron chi connectivity index (χ4n) is 6.56. The molecule has 5 atom stereocenters. The minimum absolute atomic E-state index is 0.0709. The Labute approximate surface area is 190 Å². The molecule has 0 radical (unpaired) electrons. The lowest BCUT2D eigenvalue weighted by Gasteiger charge is -2.50. The number of hydrogen-bond acceptors (Lipinski definition) is 4. The van der Waals surface area contributed by atoms with Crippen molar-refractivity contribution in [3.05, 3.63) is 29.3 Å². The molecule has 1 aromatic carbocycles. The Balaban J connectivity index is 0.000000630. The fraction of sp³-hybridized carbons (Fsp3) is 0.741. The standard InChI is InChI=1S/C23H33NO2.C3H8.CH5N/c1-23-11-10-19-18-9-7-17(26-2)13-15(18)6-8-20(19)22(23)16(14-21(23)25)5-3-4-12-24;1-3-2;1-2/h7,9,13,16,19-20,22H,3-6,8,10-12,14,24H2,1-2H3;3H2,1-2H3;2H2,1H3. The quantitative estimate of drug-likeness (QED) is 0.607. The number of nitrogens with two attached hydrogens (primary N) is 2. The maximum Gasteiger partial charge on any atom is 0.139 e. The van der Waals surface area contributed by atoms with Gasteiger partial charge in [-0.05, 0) is 99.0 Å². The van der Waals surface area contributed by atoms with Crippen LogP contribution in [0.25, 0.3) is 0 Å². The first kappa shape index (κ1) is 25.9. The highest BCUT2D eigenvalue weighted by molar-refractivity contribution is 5.87. The van der Waals surface area contributed by atoms with Crippen molar-refractivity contribution in [1.29, 1.82) is 0 Å². The first-order chi connectivity index (χ1) is 15.0. The molecule has 0 aliphatic heterocycles. The summed E-state index contributed by atoms with van der Waals surface area (Å²) in [6.45, 7) is 7.30. The molecule has 0 heterocycles. The molecule has 1 aromatic rings. The summed E-state index contributed by atoms with van der Waals surface area (Å²) in [5.74, 6) is 3.96. The number of unbranched alkanes of at least 4 members (excludes halogenated alkanes) is 1. The van der Waals surface area contributed by atoms with Crippen molar-refractivity contribution in [3.63, 3.8) is 0 Å². The van der Waals surface area contributed by atoms with Crippen molar-refractivity contribution < 1.29 is 9.53 Å². The molecule has 0 saturated heterocycles. The first-order valence-electron chi connectivity index (χ1n) is 12.5. The number of hydrogen-bond donors (Lipinski definition) is 2. The molecular weight excluding hydrogens is 384 g/mol. The number of benzene rings is 1. The lowest BCUT2D eigenvalue weighted by atomic mass is 9.54. The molecule has 176 valence electrons. The molecule has 4 N–H and O–H groups in total. The van der Waals surface area contributed by atoms with Gasteiger partial charge in [-0.3, -0.25) is 4.79 Å². The van der Waals surface area contributed by atoms with Crippen molar-refractivity contribution in [2.75, 3.05) is 20.7 Å². The average Bonchev–Trinajstić information content (AvgIpc) is 3.05. The number of rotatable bonds is 5. The number of ketones is 1. The molecule has 0 aromatic heterocycles. The predicted octanol–water partition coefficient (Wildman–Crippen LogP) is 5.47. The monoisotopic (exact) mass is 430 g/mol. The van der Waals surface area contributed by atoms with E-state index < -0.39 is 0 Å². The van der Waals surface area contributed by atoms with Gasteiger partial charge >= 0.3 is 0 Å². The summed E-state index contributed by atoms with van der Waals surface area (Å²) in [6, 6.07) is 6.65. The van der Waals surface area contributed by atoms with Crippen molar-refractivity contribution in [2.24, 2.45) is 34.6 Å². The van der Waals surface area contributed by atoms with Gasteiger partial charge in [-0.1, -0.05) is 39.7 Å². The van der Waals surface area contributed by atoms with Crippen LogP contribution in [0.5, 0.6) is 5.75 Å². The van der Waals surface area contributed by atoms with E-state index in [1.165, 1.54) is 43.9 Å². The molecule has 5 unspecified atom stereocenters. The number of fused-ring (bicyclic) bond motifs is 5. The van der Waals surface area contributed by atoms with E-state index in [-0.39, 0.29) is 5.41 Å². The summed E-state index contributed by atoms with van der Waals surface area (Å²) in [6.07, 6.45) is 10.1. The van der Waals surface area contributed by atoms with Crippen LogP contribution in [-0.2, 0) is 11.2 Å². The van der Waals surface area contributed by atoms with Crippen LogP contribution in [0, 0.1) is 23.2 Å². The van der Waals surface area contributed by atoms with Crippen LogP contribution in [0.3, 0.4) is 0 Å². The topological polar surface area (TPSA) is 78.3 Å². The van der Waals surface area contributed by atoms with E-state index in [1.54, 1.807) is 7.11 Å². The molecule has 0 bridgehead atoms. The van der Waals surface area contributed by atoms with Crippen molar-refractivity contribution in [1.82, 2.24) is 0 Å². The van der Waals surface area contributed by atoms with E-state index in [9.17, 15) is 4.79 Å². The minimum atomic E-state index is -0.0709. The highest BCUT2D eigenvalue weighted by Gasteiger charge is 2.58. The Bertz CT molecular complexity index is 704. The third kappa shape index (κ3) is 5.34. The Morgan fingerprint density at radius 2 is 1.87 bits per heavy atom. The van der Waals surface area contributed by atoms with Gasteiger partial charge in [0.1, 0.15) is 11.5 Å². The van der Waals surface area contributed by atoms with Crippen molar-refractivity contribution >= 4 is 5.78 Å². The SMILES string of the molecule is CCC.CN.COc1ccc2c(c1)CCC1C2CCC2(C)C(=O)CC(CCCCN)C12. The maximum absolute atomic E-state index is 12.9. The van der Waals surface area contributed by atoms with Gasteiger partial charge in [-0.15, -0.1) is 0 Å². The van der Waals surface area contributed by atoms with Gasteiger partial charge in [0.05, 0.1) is 7.11 Å². The second kappa shape index (κ2) is 12.0. The van der Waals surface area contributed by atoms with E-state index in [1.807, 2.05) is 0 Å². The highest BCUT2D eigenvalue weighted by atomic mass is 16.5. The van der Waals surface area contributed by atoms with Crippen LogP contribution in [0.4, 0.5) is 0 Å². The van der Waals surface area contributed by atoms with Gasteiger partial charge in [-0.2, -0.15) is 0 Å². The minimum Gasteiger partial charge on any atom is -0.497 e. The first-order valence-corrected chi connectivity index (χ1v) is 12.5. The molecule has 2 fully saturated rings. The summed E-state index contributed by atoms with van der Waals surface area (Å²) < 4.78 is 5.43. The zero-order chi connectivity index (χ0) is 23.0. The largest absolute Gasteiger partial charge is 0.497 e. The summed E-state index contributed by atoms with van der Waals surface area (Å²) in [7, 11) is 3.25. The van der Waals surface area contributed by atoms with Crippen molar-refractivity contribution in [3.8, 4) is 5.75 Å². The predicted molar refractivity (Wildman–Crippen MR) is 130 cm³/mol. The van der Waals surface area contributed by atoms with Crippen molar-refractivity contribution in [2.45, 2.75) is 84.5 Å². The molecule has 0 spiro atoms. The highest BCUT2D eigenvalue weighted by Crippen LogP contribution is 2.62. The molecule has 0 amide bonds. The van der Waals surface area contributed by atoms with Crippen LogP contribution in [0.2, 0.25) is 0 Å². The number of carbonyl (C=O) groups excluding carboxylic acids is 1. The van der Waals surface area contributed by atoms with Gasteiger partial charge < -0.3 is 16.2 Å². The number of ether oxygens (including phenoxy) is 1. The third-order valence-corrected chi connectivity index (χ3v) is 7.81. The molecule has 4 heteroatoms. The second-order valence-corrected chi connectivity index (χ2v) is 9.73. The molecule has 3 aliphatic carbocycles. The van der Waals surface area contributed by atoms with Gasteiger partial charge in [0.25, 0.3) is 0 Å². The molecule has 2 saturated carbocycles. The number of methoxy groups -OCH3 is 1. The smallest absolute Gasteiger partial charge is 0.139 e. The van der Waals surface area contributed by atoms with Crippen LogP contribution in [0.1, 0.15) is 89.2 Å². The number of carbonyl (C=O) groups is 1. The Morgan fingerprint density at radius 3 is 2.52 bits per heavy atom. The molecular formula is C27H46N2O2. The normalized spacial score (nSPS) is 30.6. The number of Topliss-reactive ketones (excluding diaryl/α,β-unsaturated/α-hetero) is 1. The molecule has 4 rings (SSSR count). The van der Waals surface area contributed by atoms with E-state index in [4.69, 9.17) is 10.5 Å². The Morgan fingerprint density at radius 1 is 1.16 bits per heavy atom.